The number of aliphatic hydroxyl groups is 1. The van der Waals surface area contributed by atoms with Crippen molar-refractivity contribution in [3.8, 4) is 0 Å². The molecule has 0 radical (unpaired) electrons. The topological polar surface area (TPSA) is 105 Å². The van der Waals surface area contributed by atoms with Gasteiger partial charge in [0, 0.05) is 12.5 Å². The van der Waals surface area contributed by atoms with Crippen LogP contribution in [0.4, 0.5) is 0 Å². The van der Waals surface area contributed by atoms with E-state index in [1.807, 2.05) is 30.3 Å². The second-order valence-corrected chi connectivity index (χ2v) is 9.57. The Morgan fingerprint density at radius 1 is 1.09 bits per heavy atom. The highest BCUT2D eigenvalue weighted by atomic mass is 16.5. The average molecular weight is 485 g/mol. The van der Waals surface area contributed by atoms with E-state index in [1.54, 1.807) is 19.1 Å². The standard InChI is InChI=1S/C28H40N2O5/c1-4-11-23(18-25(32)29-21(3)19-31)26(33)30-28(15-9-10-16-28)20-35-27(34)24(12-5-2)17-22-13-7-6-8-14-22/h4-8,13-14,21,23-24,31H,1-2,9-12,15-20H2,3H3,(H,29,32)(H,30,33)/t21-,23+,24+/m0/s1. The van der Waals surface area contributed by atoms with Crippen molar-refractivity contribution >= 4 is 17.8 Å². The Morgan fingerprint density at radius 2 is 1.71 bits per heavy atom. The third-order valence-corrected chi connectivity index (χ3v) is 6.48. The maximum absolute atomic E-state index is 13.2. The van der Waals surface area contributed by atoms with Gasteiger partial charge >= 0.3 is 5.97 Å². The van der Waals surface area contributed by atoms with Crippen LogP contribution in [0.25, 0.3) is 0 Å². The van der Waals surface area contributed by atoms with Gasteiger partial charge < -0.3 is 20.5 Å². The molecule has 1 fully saturated rings. The number of nitrogens with one attached hydrogen (secondary N) is 2. The molecule has 192 valence electrons. The number of hydrogen-bond acceptors (Lipinski definition) is 5. The van der Waals surface area contributed by atoms with Gasteiger partial charge in [-0.2, -0.15) is 0 Å². The summed E-state index contributed by atoms with van der Waals surface area (Å²) >= 11 is 0. The van der Waals surface area contributed by atoms with Crippen molar-refractivity contribution in [1.29, 1.82) is 0 Å². The van der Waals surface area contributed by atoms with E-state index in [2.05, 4.69) is 23.8 Å². The molecule has 3 atom stereocenters. The molecule has 1 aromatic rings. The number of esters is 1. The largest absolute Gasteiger partial charge is 0.463 e. The lowest BCUT2D eigenvalue weighted by molar-refractivity contribution is -0.151. The van der Waals surface area contributed by atoms with Crippen LogP contribution in [0.15, 0.2) is 55.6 Å². The van der Waals surface area contributed by atoms with Crippen LogP contribution in [-0.4, -0.2) is 47.7 Å². The number of aliphatic hydroxyl groups excluding tert-OH is 1. The minimum atomic E-state index is -0.632. The number of benzene rings is 1. The van der Waals surface area contributed by atoms with Crippen molar-refractivity contribution in [2.24, 2.45) is 11.8 Å². The molecular formula is C28H40N2O5. The molecule has 0 heterocycles. The maximum atomic E-state index is 13.2. The third kappa shape index (κ3) is 9.32. The Morgan fingerprint density at radius 3 is 2.31 bits per heavy atom. The van der Waals surface area contributed by atoms with Gasteiger partial charge in [-0.3, -0.25) is 14.4 Å². The highest BCUT2D eigenvalue weighted by molar-refractivity contribution is 5.86. The first kappa shape index (κ1) is 28.3. The van der Waals surface area contributed by atoms with Gasteiger partial charge in [0.1, 0.15) is 6.61 Å². The Kier molecular flexibility index (Phi) is 11.7. The molecule has 0 saturated heterocycles. The maximum Gasteiger partial charge on any atom is 0.309 e. The zero-order valence-corrected chi connectivity index (χ0v) is 20.8. The Hall–Kier alpha value is -2.93. The molecule has 1 saturated carbocycles. The summed E-state index contributed by atoms with van der Waals surface area (Å²) in [4.78, 5) is 38.4. The molecule has 7 nitrogen and oxygen atoms in total. The first-order chi connectivity index (χ1) is 16.8. The fourth-order valence-corrected chi connectivity index (χ4v) is 4.50. The van der Waals surface area contributed by atoms with E-state index in [0.29, 0.717) is 32.1 Å². The molecule has 0 aromatic heterocycles. The number of rotatable bonds is 15. The van der Waals surface area contributed by atoms with Crippen molar-refractivity contribution in [1.82, 2.24) is 10.6 Å². The molecular weight excluding hydrogens is 444 g/mol. The van der Waals surface area contributed by atoms with Gasteiger partial charge in [0.05, 0.1) is 24.0 Å². The van der Waals surface area contributed by atoms with Crippen LogP contribution >= 0.6 is 0 Å². The number of carbonyl (C=O) groups excluding carboxylic acids is 3. The van der Waals surface area contributed by atoms with Gasteiger partial charge in [-0.1, -0.05) is 55.3 Å². The molecule has 3 N–H and O–H groups in total. The fourth-order valence-electron chi connectivity index (χ4n) is 4.50. The Labute approximate surface area is 209 Å². The van der Waals surface area contributed by atoms with E-state index in [9.17, 15) is 14.4 Å². The molecule has 0 bridgehead atoms. The first-order valence-electron chi connectivity index (χ1n) is 12.5. The minimum Gasteiger partial charge on any atom is -0.463 e. The van der Waals surface area contributed by atoms with Crippen LogP contribution in [0.1, 0.15) is 57.4 Å². The SMILES string of the molecule is C=CC[C@H](CC(=O)N[C@@H](C)CO)C(=O)NC1(COC(=O)[C@H](CC=C)Cc2ccccc2)CCCC1. The molecule has 1 aliphatic carbocycles. The van der Waals surface area contributed by atoms with Gasteiger partial charge in [0.2, 0.25) is 11.8 Å². The van der Waals surface area contributed by atoms with Crippen LogP contribution in [0.3, 0.4) is 0 Å². The third-order valence-electron chi connectivity index (χ3n) is 6.48. The van der Waals surface area contributed by atoms with Crippen molar-refractivity contribution in [3.05, 3.63) is 61.2 Å². The van der Waals surface area contributed by atoms with E-state index in [-0.39, 0.29) is 49.4 Å². The smallest absolute Gasteiger partial charge is 0.309 e. The lowest BCUT2D eigenvalue weighted by atomic mass is 9.93. The summed E-state index contributed by atoms with van der Waals surface area (Å²) < 4.78 is 5.78. The van der Waals surface area contributed by atoms with E-state index in [0.717, 1.165) is 18.4 Å². The average Bonchev–Trinajstić information content (AvgIpc) is 3.31. The zero-order chi connectivity index (χ0) is 25.7. The molecule has 1 aliphatic rings. The lowest BCUT2D eigenvalue weighted by Crippen LogP contribution is -2.52. The van der Waals surface area contributed by atoms with Gasteiger partial charge in [-0.25, -0.2) is 0 Å². The molecule has 1 aromatic carbocycles. The van der Waals surface area contributed by atoms with E-state index < -0.39 is 11.5 Å². The molecule has 0 spiro atoms. The number of ether oxygens (including phenoxy) is 1. The van der Waals surface area contributed by atoms with Crippen LogP contribution in [-0.2, 0) is 25.5 Å². The van der Waals surface area contributed by atoms with E-state index >= 15 is 0 Å². The summed E-state index contributed by atoms with van der Waals surface area (Å²) in [5.74, 6) is -1.77. The van der Waals surface area contributed by atoms with E-state index in [4.69, 9.17) is 9.84 Å². The van der Waals surface area contributed by atoms with Crippen molar-refractivity contribution in [2.45, 2.75) is 69.9 Å². The van der Waals surface area contributed by atoms with Gasteiger partial charge in [0.15, 0.2) is 0 Å². The first-order valence-corrected chi connectivity index (χ1v) is 12.5. The monoisotopic (exact) mass is 484 g/mol. The van der Waals surface area contributed by atoms with Crippen molar-refractivity contribution in [2.75, 3.05) is 13.2 Å². The zero-order valence-electron chi connectivity index (χ0n) is 20.8. The molecule has 7 heteroatoms. The van der Waals surface area contributed by atoms with Crippen LogP contribution in [0.5, 0.6) is 0 Å². The van der Waals surface area contributed by atoms with Gasteiger partial charge in [-0.05, 0) is 44.6 Å². The van der Waals surface area contributed by atoms with Crippen LogP contribution in [0, 0.1) is 11.8 Å². The molecule has 0 aliphatic heterocycles. The highest BCUT2D eigenvalue weighted by Gasteiger charge is 2.39. The summed E-state index contributed by atoms with van der Waals surface area (Å²) in [5.41, 5.74) is 0.424. The van der Waals surface area contributed by atoms with Crippen LogP contribution < -0.4 is 10.6 Å². The number of allylic oxidation sites excluding steroid dienone is 2. The van der Waals surface area contributed by atoms with Gasteiger partial charge in [0.25, 0.3) is 0 Å². The Balaban J connectivity index is 2.02. The number of amides is 2. The lowest BCUT2D eigenvalue weighted by Gasteiger charge is -2.32. The molecule has 2 rings (SSSR count). The summed E-state index contributed by atoms with van der Waals surface area (Å²) in [7, 11) is 0. The fraction of sp³-hybridized carbons (Fsp3) is 0.536. The molecule has 2 amide bonds. The normalized spacial score (nSPS) is 17.0. The number of hydrogen-bond donors (Lipinski definition) is 3. The number of carbonyl (C=O) groups is 3. The summed E-state index contributed by atoms with van der Waals surface area (Å²) in [6.07, 6.45) is 8.05. The Bertz CT molecular complexity index is 848. The summed E-state index contributed by atoms with van der Waals surface area (Å²) in [5, 5.41) is 14.9. The van der Waals surface area contributed by atoms with Crippen LogP contribution in [0.2, 0.25) is 0 Å². The van der Waals surface area contributed by atoms with Crippen molar-refractivity contribution < 1.29 is 24.2 Å². The summed E-state index contributed by atoms with van der Waals surface area (Å²) in [6.45, 7) is 9.13. The van der Waals surface area contributed by atoms with E-state index in [1.165, 1.54) is 0 Å². The highest BCUT2D eigenvalue weighted by Crippen LogP contribution is 2.31. The molecule has 0 unspecified atom stereocenters. The predicted octanol–water partition coefficient (Wildman–Crippen LogP) is 3.47. The predicted molar refractivity (Wildman–Crippen MR) is 136 cm³/mol. The minimum absolute atomic E-state index is 0.00343. The molecule has 35 heavy (non-hydrogen) atoms. The summed E-state index contributed by atoms with van der Waals surface area (Å²) in [6, 6.07) is 9.42. The second-order valence-electron chi connectivity index (χ2n) is 9.57. The van der Waals surface area contributed by atoms with Gasteiger partial charge in [-0.15, -0.1) is 13.2 Å². The quantitative estimate of drug-likeness (QED) is 0.261. The van der Waals surface area contributed by atoms with Crippen molar-refractivity contribution in [3.63, 3.8) is 0 Å². The second kappa shape index (κ2) is 14.5.